The van der Waals surface area contributed by atoms with Crippen LogP contribution in [-0.2, 0) is 14.3 Å². The van der Waals surface area contributed by atoms with Gasteiger partial charge in [-0.2, -0.15) is 0 Å². The molecule has 0 radical (unpaired) electrons. The van der Waals surface area contributed by atoms with Gasteiger partial charge in [-0.1, -0.05) is 29.3 Å². The molecule has 0 spiro atoms. The van der Waals surface area contributed by atoms with Crippen molar-refractivity contribution in [1.29, 1.82) is 0 Å². The summed E-state index contributed by atoms with van der Waals surface area (Å²) in [5.74, 6) is 0.209. The van der Waals surface area contributed by atoms with Crippen LogP contribution in [0.15, 0.2) is 58.5 Å². The number of hydrogen-bond donors (Lipinski definition) is 1. The Morgan fingerprint density at radius 3 is 2.68 bits per heavy atom. The number of allylic oxidation sites excluding steroid dienone is 4. The number of amides is 2. The first-order valence-electron chi connectivity index (χ1n) is 8.51. The predicted octanol–water partition coefficient (Wildman–Crippen LogP) is 3.71. The zero-order chi connectivity index (χ0) is 20.3. The van der Waals surface area contributed by atoms with Gasteiger partial charge in [0.25, 0.3) is 11.8 Å². The highest BCUT2D eigenvalue weighted by Crippen LogP contribution is 2.30. The summed E-state index contributed by atoms with van der Waals surface area (Å²) in [4.78, 5) is 28.8. The van der Waals surface area contributed by atoms with Crippen LogP contribution in [0.1, 0.15) is 16.8 Å². The number of fused-ring (bicyclic) bond motifs is 1. The van der Waals surface area contributed by atoms with Crippen LogP contribution in [0.3, 0.4) is 0 Å². The minimum absolute atomic E-state index is 0.256. The van der Waals surface area contributed by atoms with E-state index in [1.165, 1.54) is 13.2 Å². The van der Waals surface area contributed by atoms with Crippen LogP contribution >= 0.6 is 23.2 Å². The molecule has 1 aliphatic heterocycles. The van der Waals surface area contributed by atoms with Crippen molar-refractivity contribution in [2.75, 3.05) is 20.8 Å². The molecule has 1 aromatic carbocycles. The second kappa shape index (κ2) is 8.63. The van der Waals surface area contributed by atoms with E-state index >= 15 is 0 Å². The molecule has 1 aliphatic carbocycles. The number of aliphatic imine (C=N–C) groups is 1. The molecule has 0 fully saturated rings. The van der Waals surface area contributed by atoms with Crippen LogP contribution in [0.4, 0.5) is 0 Å². The summed E-state index contributed by atoms with van der Waals surface area (Å²) < 4.78 is 10.7. The smallest absolute Gasteiger partial charge is 0.273 e. The van der Waals surface area contributed by atoms with Crippen molar-refractivity contribution in [1.82, 2.24) is 5.32 Å². The van der Waals surface area contributed by atoms with Crippen molar-refractivity contribution in [2.45, 2.75) is 6.42 Å². The second-order valence-corrected chi connectivity index (χ2v) is 6.95. The normalized spacial score (nSPS) is 18.3. The predicted molar refractivity (Wildman–Crippen MR) is 108 cm³/mol. The molecule has 0 aromatic heterocycles. The Bertz CT molecular complexity index is 948. The third-order valence-corrected chi connectivity index (χ3v) is 4.98. The lowest BCUT2D eigenvalue weighted by Gasteiger charge is -2.26. The van der Waals surface area contributed by atoms with Gasteiger partial charge in [-0.3, -0.25) is 9.59 Å². The van der Waals surface area contributed by atoms with Crippen molar-refractivity contribution >= 4 is 40.7 Å². The molecular weight excluding hydrogens is 403 g/mol. The average Bonchev–Trinajstić information content (AvgIpc) is 2.67. The van der Waals surface area contributed by atoms with E-state index in [1.54, 1.807) is 37.5 Å². The Morgan fingerprint density at radius 2 is 2.00 bits per heavy atom. The van der Waals surface area contributed by atoms with Crippen LogP contribution in [-0.4, -0.2) is 38.3 Å². The molecule has 1 atom stereocenters. The second-order valence-electron chi connectivity index (χ2n) is 6.11. The van der Waals surface area contributed by atoms with E-state index in [0.717, 1.165) is 0 Å². The minimum atomic E-state index is -0.356. The highest BCUT2D eigenvalue weighted by molar-refractivity contribution is 6.36. The summed E-state index contributed by atoms with van der Waals surface area (Å²) in [6.45, 7) is 0.256. The molecule has 0 saturated carbocycles. The topological polar surface area (TPSA) is 77.0 Å². The molecule has 6 nitrogen and oxygen atoms in total. The van der Waals surface area contributed by atoms with Crippen LogP contribution < -0.4 is 5.32 Å². The average molecular weight is 421 g/mol. The molecule has 146 valence electrons. The Labute approximate surface area is 172 Å². The molecule has 1 N–H and O–H groups in total. The van der Waals surface area contributed by atoms with Crippen molar-refractivity contribution in [3.05, 3.63) is 69.1 Å². The maximum absolute atomic E-state index is 12.4. The summed E-state index contributed by atoms with van der Waals surface area (Å²) in [5, 5.41) is 3.47. The van der Waals surface area contributed by atoms with Gasteiger partial charge in [-0.05, 0) is 36.8 Å². The third-order valence-electron chi connectivity index (χ3n) is 4.43. The van der Waals surface area contributed by atoms with Gasteiger partial charge in [0, 0.05) is 17.1 Å². The zero-order valence-electron chi connectivity index (χ0n) is 15.3. The molecule has 0 bridgehead atoms. The molecular formula is C20H18Cl2N2O4. The van der Waals surface area contributed by atoms with Crippen molar-refractivity contribution in [2.24, 2.45) is 10.9 Å². The Balaban J connectivity index is 1.68. The van der Waals surface area contributed by atoms with Crippen molar-refractivity contribution < 1.29 is 19.1 Å². The maximum atomic E-state index is 12.4. The fourth-order valence-corrected chi connectivity index (χ4v) is 3.51. The Hall–Kier alpha value is -2.57. The fraction of sp³-hybridized carbons (Fsp3) is 0.250. The number of carbonyl (C=O) groups is 2. The molecule has 1 unspecified atom stereocenters. The Kier molecular flexibility index (Phi) is 6.21. The number of nitrogens with zero attached hydrogens (tertiary/aromatic N) is 1. The highest BCUT2D eigenvalue weighted by Gasteiger charge is 2.32. The summed E-state index contributed by atoms with van der Waals surface area (Å²) >= 11 is 11.9. The zero-order valence-corrected chi connectivity index (χ0v) is 16.8. The molecule has 2 amide bonds. The quantitative estimate of drug-likeness (QED) is 0.760. The molecule has 1 heterocycles. The molecule has 28 heavy (non-hydrogen) atoms. The van der Waals surface area contributed by atoms with Crippen LogP contribution in [0.5, 0.6) is 0 Å². The number of carbonyl (C=O) groups excluding carboxylic acids is 2. The lowest BCUT2D eigenvalue weighted by Crippen LogP contribution is -2.30. The number of halogens is 2. The molecule has 1 aromatic rings. The van der Waals surface area contributed by atoms with Gasteiger partial charge < -0.3 is 14.8 Å². The van der Waals surface area contributed by atoms with Gasteiger partial charge >= 0.3 is 0 Å². The van der Waals surface area contributed by atoms with E-state index in [4.69, 9.17) is 32.7 Å². The summed E-state index contributed by atoms with van der Waals surface area (Å²) in [6.07, 6.45) is 5.63. The molecule has 0 saturated heterocycles. The number of nitrogens with one attached hydrogen (secondary N) is 1. The number of benzene rings is 1. The van der Waals surface area contributed by atoms with E-state index < -0.39 is 0 Å². The summed E-state index contributed by atoms with van der Waals surface area (Å²) in [5.41, 5.74) is 1.34. The number of methoxy groups -OCH3 is 2. The van der Waals surface area contributed by atoms with Gasteiger partial charge in [-0.15, -0.1) is 0 Å². The molecule has 2 aliphatic rings. The van der Waals surface area contributed by atoms with E-state index in [9.17, 15) is 9.59 Å². The molecule has 8 heteroatoms. The van der Waals surface area contributed by atoms with Gasteiger partial charge in [0.1, 0.15) is 17.2 Å². The SMILES string of the molecule is COC1=CC=C(OC)C2C=C(CCNC(=O)c3ccc(Cl)cc3Cl)C(=O)N=C12. The summed E-state index contributed by atoms with van der Waals surface area (Å²) in [6, 6.07) is 4.65. The van der Waals surface area contributed by atoms with E-state index in [2.05, 4.69) is 10.3 Å². The first kappa shape index (κ1) is 20.2. The van der Waals surface area contributed by atoms with Crippen LogP contribution in [0, 0.1) is 5.92 Å². The van der Waals surface area contributed by atoms with Gasteiger partial charge in [0.2, 0.25) is 0 Å². The van der Waals surface area contributed by atoms with Gasteiger partial charge in [0.05, 0.1) is 30.7 Å². The summed E-state index contributed by atoms with van der Waals surface area (Å²) in [7, 11) is 3.09. The maximum Gasteiger partial charge on any atom is 0.273 e. The lowest BCUT2D eigenvalue weighted by atomic mass is 9.89. The monoisotopic (exact) mass is 420 g/mol. The first-order valence-corrected chi connectivity index (χ1v) is 9.27. The van der Waals surface area contributed by atoms with E-state index in [1.807, 2.05) is 0 Å². The molecule has 3 rings (SSSR count). The van der Waals surface area contributed by atoms with Gasteiger partial charge in [0.15, 0.2) is 0 Å². The number of rotatable bonds is 6. The van der Waals surface area contributed by atoms with Gasteiger partial charge in [-0.25, -0.2) is 4.99 Å². The van der Waals surface area contributed by atoms with Crippen molar-refractivity contribution in [3.63, 3.8) is 0 Å². The minimum Gasteiger partial charge on any atom is -0.500 e. The fourth-order valence-electron chi connectivity index (χ4n) is 3.01. The lowest BCUT2D eigenvalue weighted by molar-refractivity contribution is -0.114. The Morgan fingerprint density at radius 1 is 1.21 bits per heavy atom. The number of dihydropyridines is 1. The van der Waals surface area contributed by atoms with E-state index in [0.29, 0.717) is 39.8 Å². The van der Waals surface area contributed by atoms with Crippen molar-refractivity contribution in [3.8, 4) is 0 Å². The van der Waals surface area contributed by atoms with Crippen LogP contribution in [0.25, 0.3) is 0 Å². The first-order chi connectivity index (χ1) is 13.4. The van der Waals surface area contributed by atoms with Crippen LogP contribution in [0.2, 0.25) is 10.0 Å². The largest absolute Gasteiger partial charge is 0.500 e. The number of hydrogen-bond acceptors (Lipinski definition) is 4. The highest BCUT2D eigenvalue weighted by atomic mass is 35.5. The third kappa shape index (κ3) is 4.13. The van der Waals surface area contributed by atoms with E-state index in [-0.39, 0.29) is 29.3 Å². The number of ether oxygens (including phenoxy) is 2. The standard InChI is InChI=1S/C20H18Cl2N2O4/c1-27-16-5-6-17(28-2)18-14(16)9-11(19(25)24-18)7-8-23-20(26)13-4-3-12(21)10-15(13)22/h3-6,9-10,14H,7-8H2,1-2H3,(H,23,26).